The molecule has 0 aliphatic carbocycles. The largest absolute Gasteiger partial charge is 0.493 e. The van der Waals surface area contributed by atoms with Crippen LogP contribution in [-0.2, 0) is 14.8 Å². The van der Waals surface area contributed by atoms with Gasteiger partial charge in [0.1, 0.15) is 18.4 Å². The number of methoxy groups -OCH3 is 2. The minimum Gasteiger partial charge on any atom is -0.493 e. The van der Waals surface area contributed by atoms with Crippen LogP contribution in [0.2, 0.25) is 5.02 Å². The maximum absolute atomic E-state index is 12.6. The standard InChI is InChI=1S/C21H27ClN2O6S/c1-14-6-8-17(13-18(14)22)30-11-10-23-21(25)15(2)24(31(5,26)27)16-7-9-19(28-3)20(12-16)29-4/h6-9,12-13,15H,10-11H2,1-5H3,(H,23,25)/t15-/m0/s1. The van der Waals surface area contributed by atoms with Gasteiger partial charge in [0.15, 0.2) is 11.5 Å². The lowest BCUT2D eigenvalue weighted by molar-refractivity contribution is -0.121. The molecule has 2 aromatic carbocycles. The molecule has 0 aliphatic heterocycles. The summed E-state index contributed by atoms with van der Waals surface area (Å²) in [6, 6.07) is 8.97. The second kappa shape index (κ2) is 10.6. The summed E-state index contributed by atoms with van der Waals surface area (Å²) >= 11 is 6.07. The first kappa shape index (κ1) is 24.6. The van der Waals surface area contributed by atoms with E-state index >= 15 is 0 Å². The zero-order valence-electron chi connectivity index (χ0n) is 18.1. The number of nitrogens with zero attached hydrogens (tertiary/aromatic N) is 1. The number of rotatable bonds is 10. The van der Waals surface area contributed by atoms with Crippen molar-refractivity contribution < 1.29 is 27.4 Å². The van der Waals surface area contributed by atoms with Crippen molar-refractivity contribution in [2.45, 2.75) is 19.9 Å². The van der Waals surface area contributed by atoms with E-state index in [1.54, 1.807) is 24.3 Å². The Kier molecular flexibility index (Phi) is 8.41. The highest BCUT2D eigenvalue weighted by Gasteiger charge is 2.29. The Morgan fingerprint density at radius 1 is 1.13 bits per heavy atom. The van der Waals surface area contributed by atoms with Crippen LogP contribution in [0.1, 0.15) is 12.5 Å². The van der Waals surface area contributed by atoms with Crippen molar-refractivity contribution >= 4 is 33.2 Å². The Labute approximate surface area is 188 Å². The Morgan fingerprint density at radius 3 is 2.39 bits per heavy atom. The summed E-state index contributed by atoms with van der Waals surface area (Å²) in [5.41, 5.74) is 1.22. The van der Waals surface area contributed by atoms with Crippen LogP contribution >= 0.6 is 11.6 Å². The molecule has 2 aromatic rings. The van der Waals surface area contributed by atoms with E-state index in [1.165, 1.54) is 27.2 Å². The lowest BCUT2D eigenvalue weighted by Gasteiger charge is -2.28. The minimum absolute atomic E-state index is 0.193. The molecular formula is C21H27ClN2O6S. The molecule has 8 nitrogen and oxygen atoms in total. The normalized spacial score (nSPS) is 12.1. The summed E-state index contributed by atoms with van der Waals surface area (Å²) in [6.07, 6.45) is 1.04. The first-order valence-corrected chi connectivity index (χ1v) is 11.7. The number of hydrogen-bond acceptors (Lipinski definition) is 6. The van der Waals surface area contributed by atoms with E-state index in [-0.39, 0.29) is 18.8 Å². The van der Waals surface area contributed by atoms with Crippen LogP contribution in [0.15, 0.2) is 36.4 Å². The lowest BCUT2D eigenvalue weighted by atomic mass is 10.2. The monoisotopic (exact) mass is 470 g/mol. The summed E-state index contributed by atoms with van der Waals surface area (Å²) in [5.74, 6) is 0.920. The molecule has 1 atom stereocenters. The number of hydrogen-bond donors (Lipinski definition) is 1. The molecule has 0 aliphatic rings. The van der Waals surface area contributed by atoms with Gasteiger partial charge in [0.05, 0.1) is 32.7 Å². The smallest absolute Gasteiger partial charge is 0.243 e. The van der Waals surface area contributed by atoms with Crippen molar-refractivity contribution in [1.82, 2.24) is 5.32 Å². The van der Waals surface area contributed by atoms with Gasteiger partial charge < -0.3 is 19.5 Å². The molecule has 1 N–H and O–H groups in total. The van der Waals surface area contributed by atoms with Crippen molar-refractivity contribution in [1.29, 1.82) is 0 Å². The van der Waals surface area contributed by atoms with Crippen molar-refractivity contribution in [3.63, 3.8) is 0 Å². The summed E-state index contributed by atoms with van der Waals surface area (Å²) in [6.45, 7) is 3.79. The molecule has 1 amide bonds. The van der Waals surface area contributed by atoms with Crippen LogP contribution in [-0.4, -0.2) is 54.0 Å². The van der Waals surface area contributed by atoms with Crippen molar-refractivity contribution in [2.75, 3.05) is 37.9 Å². The summed E-state index contributed by atoms with van der Waals surface area (Å²) in [5, 5.41) is 3.28. The van der Waals surface area contributed by atoms with Gasteiger partial charge in [-0.15, -0.1) is 0 Å². The lowest BCUT2D eigenvalue weighted by Crippen LogP contribution is -2.48. The molecule has 2 rings (SSSR count). The molecule has 31 heavy (non-hydrogen) atoms. The molecule has 0 bridgehead atoms. The third-order valence-corrected chi connectivity index (χ3v) is 6.17. The summed E-state index contributed by atoms with van der Waals surface area (Å²) in [7, 11) is -0.830. The van der Waals surface area contributed by atoms with Crippen molar-refractivity contribution in [3.05, 3.63) is 47.0 Å². The van der Waals surface area contributed by atoms with E-state index < -0.39 is 22.0 Å². The number of nitrogens with one attached hydrogen (secondary N) is 1. The van der Waals surface area contributed by atoms with E-state index in [9.17, 15) is 13.2 Å². The number of benzene rings is 2. The molecule has 0 spiro atoms. The zero-order chi connectivity index (χ0) is 23.2. The predicted octanol–water partition coefficient (Wildman–Crippen LogP) is 3.02. The number of amides is 1. The Morgan fingerprint density at radius 2 is 1.81 bits per heavy atom. The number of halogens is 1. The van der Waals surface area contributed by atoms with Gasteiger partial charge in [-0.25, -0.2) is 8.42 Å². The molecule has 170 valence electrons. The molecule has 0 radical (unpaired) electrons. The average molecular weight is 471 g/mol. The highest BCUT2D eigenvalue weighted by molar-refractivity contribution is 7.92. The van der Waals surface area contributed by atoms with Gasteiger partial charge in [-0.1, -0.05) is 17.7 Å². The fraction of sp³-hybridized carbons (Fsp3) is 0.381. The molecule has 0 heterocycles. The predicted molar refractivity (Wildman–Crippen MR) is 121 cm³/mol. The maximum atomic E-state index is 12.6. The Bertz CT molecular complexity index is 1030. The van der Waals surface area contributed by atoms with Crippen LogP contribution in [0, 0.1) is 6.92 Å². The molecule has 0 saturated heterocycles. The molecule has 0 aromatic heterocycles. The topological polar surface area (TPSA) is 94.2 Å². The second-order valence-corrected chi connectivity index (χ2v) is 9.09. The van der Waals surface area contributed by atoms with Gasteiger partial charge in [0.25, 0.3) is 0 Å². The van der Waals surface area contributed by atoms with Gasteiger partial charge >= 0.3 is 0 Å². The molecule has 0 fully saturated rings. The third-order valence-electron chi connectivity index (χ3n) is 4.52. The van der Waals surface area contributed by atoms with E-state index in [4.69, 9.17) is 25.8 Å². The van der Waals surface area contributed by atoms with Crippen LogP contribution in [0.3, 0.4) is 0 Å². The SMILES string of the molecule is COc1ccc(N([C@@H](C)C(=O)NCCOc2ccc(C)c(Cl)c2)S(C)(=O)=O)cc1OC. The molecule has 10 heteroatoms. The van der Waals surface area contributed by atoms with Crippen LogP contribution in [0.4, 0.5) is 5.69 Å². The maximum Gasteiger partial charge on any atom is 0.243 e. The fourth-order valence-corrected chi connectivity index (χ4v) is 4.26. The molecular weight excluding hydrogens is 444 g/mol. The Balaban J connectivity index is 2.06. The van der Waals surface area contributed by atoms with Gasteiger partial charge in [-0.3, -0.25) is 9.10 Å². The first-order chi connectivity index (χ1) is 14.6. The van der Waals surface area contributed by atoms with Gasteiger partial charge in [-0.05, 0) is 43.7 Å². The average Bonchev–Trinajstić information content (AvgIpc) is 2.72. The number of ether oxygens (including phenoxy) is 3. The van der Waals surface area contributed by atoms with Gasteiger partial charge in [-0.2, -0.15) is 0 Å². The van der Waals surface area contributed by atoms with Gasteiger partial charge in [0.2, 0.25) is 15.9 Å². The van der Waals surface area contributed by atoms with Crippen LogP contribution in [0.25, 0.3) is 0 Å². The Hall–Kier alpha value is -2.65. The molecule has 0 saturated carbocycles. The van der Waals surface area contributed by atoms with E-state index in [1.807, 2.05) is 13.0 Å². The number of sulfonamides is 1. The first-order valence-electron chi connectivity index (χ1n) is 9.46. The second-order valence-electron chi connectivity index (χ2n) is 6.82. The van der Waals surface area contributed by atoms with E-state index in [2.05, 4.69) is 5.32 Å². The highest BCUT2D eigenvalue weighted by atomic mass is 35.5. The quantitative estimate of drug-likeness (QED) is 0.536. The van der Waals surface area contributed by atoms with E-state index in [0.717, 1.165) is 16.1 Å². The zero-order valence-corrected chi connectivity index (χ0v) is 19.7. The summed E-state index contributed by atoms with van der Waals surface area (Å²) < 4.78 is 41.9. The van der Waals surface area contributed by atoms with Crippen LogP contribution < -0.4 is 23.8 Å². The van der Waals surface area contributed by atoms with Crippen molar-refractivity contribution in [2.24, 2.45) is 0 Å². The van der Waals surface area contributed by atoms with E-state index in [0.29, 0.717) is 22.3 Å². The highest BCUT2D eigenvalue weighted by Crippen LogP contribution is 2.33. The minimum atomic E-state index is -3.76. The summed E-state index contributed by atoms with van der Waals surface area (Å²) in [4.78, 5) is 12.6. The molecule has 0 unspecified atom stereocenters. The fourth-order valence-electron chi connectivity index (χ4n) is 2.92. The van der Waals surface area contributed by atoms with Crippen LogP contribution in [0.5, 0.6) is 17.2 Å². The van der Waals surface area contributed by atoms with Crippen molar-refractivity contribution in [3.8, 4) is 17.2 Å². The number of carbonyl (C=O) groups is 1. The number of carbonyl (C=O) groups excluding carboxylic acids is 1. The third kappa shape index (κ3) is 6.41. The van der Waals surface area contributed by atoms with Gasteiger partial charge in [0, 0.05) is 11.1 Å². The number of anilines is 1. The number of aryl methyl sites for hydroxylation is 1.